The van der Waals surface area contributed by atoms with E-state index in [2.05, 4.69) is 15.9 Å². The second-order valence-corrected chi connectivity index (χ2v) is 5.04. The summed E-state index contributed by atoms with van der Waals surface area (Å²) in [6.45, 7) is 0.0432. The zero-order valence-electron chi connectivity index (χ0n) is 9.66. The Labute approximate surface area is 123 Å². The van der Waals surface area contributed by atoms with Crippen molar-refractivity contribution in [3.8, 4) is 11.8 Å². The van der Waals surface area contributed by atoms with E-state index in [0.717, 1.165) is 0 Å². The van der Waals surface area contributed by atoms with Gasteiger partial charge in [0, 0.05) is 10.6 Å². The summed E-state index contributed by atoms with van der Waals surface area (Å²) in [6, 6.07) is 11.5. The van der Waals surface area contributed by atoms with Gasteiger partial charge >= 0.3 is 0 Å². The van der Waals surface area contributed by atoms with Crippen LogP contribution < -0.4 is 4.74 Å². The monoisotopic (exact) mass is 339 g/mol. The Morgan fingerprint density at radius 3 is 2.79 bits per heavy atom. The number of halogens is 3. The van der Waals surface area contributed by atoms with Crippen molar-refractivity contribution < 1.29 is 9.13 Å². The smallest absolute Gasteiger partial charge is 0.147 e. The lowest BCUT2D eigenvalue weighted by Gasteiger charge is -2.09. The molecule has 5 heteroatoms. The summed E-state index contributed by atoms with van der Waals surface area (Å²) in [7, 11) is 0. The van der Waals surface area contributed by atoms with Gasteiger partial charge in [0.2, 0.25) is 0 Å². The molecule has 0 amide bonds. The Morgan fingerprint density at radius 2 is 2.11 bits per heavy atom. The Morgan fingerprint density at radius 1 is 1.32 bits per heavy atom. The van der Waals surface area contributed by atoms with Crippen LogP contribution in [0.1, 0.15) is 11.1 Å². The topological polar surface area (TPSA) is 33.0 Å². The van der Waals surface area contributed by atoms with Crippen LogP contribution in [0.25, 0.3) is 0 Å². The molecule has 2 aromatic carbocycles. The standard InChI is InChI=1S/C14H8BrClFNO/c15-12-6-11(16)4-5-13(12)19-8-10-3-1-2-9(7-18)14(10)17/h1-6H,8H2. The van der Waals surface area contributed by atoms with Crippen molar-refractivity contribution in [2.75, 3.05) is 0 Å². The first-order valence-electron chi connectivity index (χ1n) is 5.37. The van der Waals surface area contributed by atoms with Crippen LogP contribution in [0, 0.1) is 17.1 Å². The second kappa shape index (κ2) is 6.05. The Hall–Kier alpha value is -1.57. The van der Waals surface area contributed by atoms with Crippen molar-refractivity contribution in [2.45, 2.75) is 6.61 Å². The molecule has 0 heterocycles. The molecule has 0 spiro atoms. The van der Waals surface area contributed by atoms with Gasteiger partial charge in [-0.3, -0.25) is 0 Å². The van der Waals surface area contributed by atoms with Gasteiger partial charge in [-0.05, 0) is 40.2 Å². The summed E-state index contributed by atoms with van der Waals surface area (Å²) in [4.78, 5) is 0. The number of nitrogens with zero attached hydrogens (tertiary/aromatic N) is 1. The van der Waals surface area contributed by atoms with Gasteiger partial charge in [-0.2, -0.15) is 5.26 Å². The summed E-state index contributed by atoms with van der Waals surface area (Å²) in [5, 5.41) is 9.33. The summed E-state index contributed by atoms with van der Waals surface area (Å²) in [5.41, 5.74) is 0.345. The maximum atomic E-state index is 13.8. The normalized spacial score (nSPS) is 10.0. The highest BCUT2D eigenvalue weighted by Gasteiger charge is 2.09. The average Bonchev–Trinajstić information content (AvgIpc) is 2.39. The second-order valence-electron chi connectivity index (χ2n) is 3.75. The molecule has 0 radical (unpaired) electrons. The molecule has 0 N–H and O–H groups in total. The molecule has 2 rings (SSSR count). The van der Waals surface area contributed by atoms with Crippen molar-refractivity contribution in [1.82, 2.24) is 0 Å². The van der Waals surface area contributed by atoms with Gasteiger partial charge in [0.1, 0.15) is 24.2 Å². The van der Waals surface area contributed by atoms with E-state index in [0.29, 0.717) is 20.8 Å². The zero-order chi connectivity index (χ0) is 13.8. The number of hydrogen-bond donors (Lipinski definition) is 0. The van der Waals surface area contributed by atoms with E-state index in [9.17, 15) is 4.39 Å². The molecule has 0 fully saturated rings. The minimum absolute atomic E-state index is 0.0104. The predicted molar refractivity (Wildman–Crippen MR) is 74.6 cm³/mol. The highest BCUT2D eigenvalue weighted by molar-refractivity contribution is 9.10. The van der Waals surface area contributed by atoms with Gasteiger partial charge in [0.05, 0.1) is 10.0 Å². The summed E-state index contributed by atoms with van der Waals surface area (Å²) >= 11 is 9.13. The Kier molecular flexibility index (Phi) is 4.41. The van der Waals surface area contributed by atoms with Crippen LogP contribution >= 0.6 is 27.5 Å². The average molecular weight is 341 g/mol. The summed E-state index contributed by atoms with van der Waals surface area (Å²) in [5.74, 6) is 0.0150. The molecule has 19 heavy (non-hydrogen) atoms. The van der Waals surface area contributed by atoms with Crippen LogP contribution in [0.15, 0.2) is 40.9 Å². The first kappa shape index (κ1) is 13.9. The van der Waals surface area contributed by atoms with Crippen LogP contribution in [0.3, 0.4) is 0 Å². The molecule has 2 nitrogen and oxygen atoms in total. The third-order valence-corrected chi connectivity index (χ3v) is 3.33. The van der Waals surface area contributed by atoms with Gasteiger partial charge in [0.25, 0.3) is 0 Å². The lowest BCUT2D eigenvalue weighted by atomic mass is 10.1. The van der Waals surface area contributed by atoms with Crippen molar-refractivity contribution in [3.63, 3.8) is 0 Å². The van der Waals surface area contributed by atoms with E-state index in [1.807, 2.05) is 0 Å². The fourth-order valence-electron chi connectivity index (χ4n) is 1.53. The van der Waals surface area contributed by atoms with Gasteiger partial charge < -0.3 is 4.74 Å². The molecular weight excluding hydrogens is 333 g/mol. The SMILES string of the molecule is N#Cc1cccc(COc2ccc(Cl)cc2Br)c1F. The Balaban J connectivity index is 2.17. The molecule has 0 saturated heterocycles. The van der Waals surface area contributed by atoms with Crippen molar-refractivity contribution in [1.29, 1.82) is 5.26 Å². The van der Waals surface area contributed by atoms with Gasteiger partial charge in [-0.15, -0.1) is 0 Å². The minimum atomic E-state index is -0.546. The lowest BCUT2D eigenvalue weighted by molar-refractivity contribution is 0.298. The van der Waals surface area contributed by atoms with Crippen LogP contribution in [0.2, 0.25) is 5.02 Å². The van der Waals surface area contributed by atoms with Gasteiger partial charge in [0.15, 0.2) is 0 Å². The Bertz CT molecular complexity index is 654. The van der Waals surface area contributed by atoms with Crippen molar-refractivity contribution in [2.24, 2.45) is 0 Å². The van der Waals surface area contributed by atoms with Gasteiger partial charge in [-0.1, -0.05) is 23.7 Å². The molecule has 0 aliphatic rings. The molecule has 0 unspecified atom stereocenters. The molecule has 0 bridgehead atoms. The maximum Gasteiger partial charge on any atom is 0.147 e. The lowest BCUT2D eigenvalue weighted by Crippen LogP contribution is -2.00. The molecular formula is C14H8BrClFNO. The van der Waals surface area contributed by atoms with Crippen molar-refractivity contribution >= 4 is 27.5 Å². The van der Waals surface area contributed by atoms with E-state index < -0.39 is 5.82 Å². The summed E-state index contributed by atoms with van der Waals surface area (Å²) in [6.07, 6.45) is 0. The molecule has 2 aromatic rings. The highest BCUT2D eigenvalue weighted by atomic mass is 79.9. The molecule has 0 saturated carbocycles. The molecule has 0 aliphatic carbocycles. The maximum absolute atomic E-state index is 13.8. The van der Waals surface area contributed by atoms with Crippen LogP contribution in [-0.2, 0) is 6.61 Å². The van der Waals surface area contributed by atoms with Crippen LogP contribution in [-0.4, -0.2) is 0 Å². The van der Waals surface area contributed by atoms with Crippen LogP contribution in [0.4, 0.5) is 4.39 Å². The quantitative estimate of drug-likeness (QED) is 0.812. The zero-order valence-corrected chi connectivity index (χ0v) is 12.0. The van der Waals surface area contributed by atoms with E-state index in [1.165, 1.54) is 6.07 Å². The van der Waals surface area contributed by atoms with Crippen molar-refractivity contribution in [3.05, 3.63) is 62.8 Å². The molecule has 96 valence electrons. The largest absolute Gasteiger partial charge is 0.488 e. The summed E-state index contributed by atoms with van der Waals surface area (Å²) < 4.78 is 20.0. The number of ether oxygens (including phenoxy) is 1. The number of nitriles is 1. The minimum Gasteiger partial charge on any atom is -0.488 e. The molecule has 0 aliphatic heterocycles. The fraction of sp³-hybridized carbons (Fsp3) is 0.0714. The van der Waals surface area contributed by atoms with Gasteiger partial charge in [-0.25, -0.2) is 4.39 Å². The third-order valence-electron chi connectivity index (χ3n) is 2.48. The number of benzene rings is 2. The first-order chi connectivity index (χ1) is 9.11. The fourth-order valence-corrected chi connectivity index (χ4v) is 2.32. The van der Waals surface area contributed by atoms with E-state index in [4.69, 9.17) is 21.6 Å². The van der Waals surface area contributed by atoms with E-state index in [-0.39, 0.29) is 12.2 Å². The number of rotatable bonds is 3. The predicted octanol–water partition coefficient (Wildman–Crippen LogP) is 4.69. The molecule has 0 atom stereocenters. The highest BCUT2D eigenvalue weighted by Crippen LogP contribution is 2.28. The van der Waals surface area contributed by atoms with E-state index in [1.54, 1.807) is 36.4 Å². The van der Waals surface area contributed by atoms with Crippen LogP contribution in [0.5, 0.6) is 5.75 Å². The number of hydrogen-bond acceptors (Lipinski definition) is 2. The molecule has 0 aromatic heterocycles. The first-order valence-corrected chi connectivity index (χ1v) is 6.54. The third kappa shape index (κ3) is 3.25. The van der Waals surface area contributed by atoms with E-state index >= 15 is 0 Å².